The van der Waals surface area contributed by atoms with Crippen LogP contribution in [-0.4, -0.2) is 72.3 Å². The van der Waals surface area contributed by atoms with Gasteiger partial charge in [-0.05, 0) is 38.5 Å². The van der Waals surface area contributed by atoms with Crippen LogP contribution in [0, 0.1) is 5.82 Å². The molecule has 0 atom stereocenters. The van der Waals surface area contributed by atoms with E-state index < -0.39 is 5.82 Å². The van der Waals surface area contributed by atoms with E-state index in [9.17, 15) is 14.0 Å². The molecule has 0 bridgehead atoms. The predicted octanol–water partition coefficient (Wildman–Crippen LogP) is 2.50. The molecule has 138 valence electrons. The molecule has 5 nitrogen and oxygen atoms in total. The Morgan fingerprint density at radius 2 is 1.88 bits per heavy atom. The summed E-state index contributed by atoms with van der Waals surface area (Å²) in [6, 6.07) is 4.00. The third-order valence-electron chi connectivity index (χ3n) is 4.51. The predicted molar refractivity (Wildman–Crippen MR) is 96.3 cm³/mol. The molecule has 25 heavy (non-hydrogen) atoms. The van der Waals surface area contributed by atoms with Crippen molar-refractivity contribution in [2.75, 3.05) is 45.8 Å². The largest absolute Gasteiger partial charge is 0.342 e. The summed E-state index contributed by atoms with van der Waals surface area (Å²) < 4.78 is 13.9. The molecule has 2 amide bonds. The molecule has 1 aliphatic rings. The van der Waals surface area contributed by atoms with Crippen LogP contribution >= 0.6 is 11.6 Å². The van der Waals surface area contributed by atoms with E-state index in [2.05, 4.69) is 4.90 Å². The number of carbonyl (C=O) groups is 2. The average Bonchev–Trinajstić information content (AvgIpc) is 2.83. The lowest BCUT2D eigenvalue weighted by molar-refractivity contribution is -0.132. The minimum atomic E-state index is -0.563. The lowest BCUT2D eigenvalue weighted by Crippen LogP contribution is -2.42. The van der Waals surface area contributed by atoms with Crippen LogP contribution in [0.4, 0.5) is 4.39 Å². The van der Waals surface area contributed by atoms with Gasteiger partial charge in [-0.25, -0.2) is 4.39 Å². The highest BCUT2D eigenvalue weighted by atomic mass is 35.5. The van der Waals surface area contributed by atoms with Crippen LogP contribution in [0.1, 0.15) is 30.6 Å². The summed E-state index contributed by atoms with van der Waals surface area (Å²) >= 11 is 5.88. The molecule has 1 aromatic carbocycles. The van der Waals surface area contributed by atoms with Crippen LogP contribution in [0.15, 0.2) is 18.2 Å². The van der Waals surface area contributed by atoms with Crippen molar-refractivity contribution >= 4 is 23.4 Å². The van der Waals surface area contributed by atoms with Gasteiger partial charge in [0, 0.05) is 44.3 Å². The van der Waals surface area contributed by atoms with E-state index >= 15 is 0 Å². The highest BCUT2D eigenvalue weighted by Gasteiger charge is 2.24. The SMILES string of the molecule is CCN(CC)C(=O)CN1CCCN(C(=O)c2cc(Cl)ccc2F)CC1. The first-order valence-electron chi connectivity index (χ1n) is 8.70. The maximum absolute atomic E-state index is 13.9. The zero-order valence-electron chi connectivity index (χ0n) is 14.8. The molecule has 0 aliphatic carbocycles. The number of amides is 2. The molecule has 0 spiro atoms. The minimum absolute atomic E-state index is 0.000155. The third kappa shape index (κ3) is 5.16. The van der Waals surface area contributed by atoms with Crippen molar-refractivity contribution in [3.05, 3.63) is 34.6 Å². The van der Waals surface area contributed by atoms with Gasteiger partial charge in [-0.2, -0.15) is 0 Å². The monoisotopic (exact) mass is 369 g/mol. The summed E-state index contributed by atoms with van der Waals surface area (Å²) in [6.45, 7) is 8.03. The summed E-state index contributed by atoms with van der Waals surface area (Å²) in [7, 11) is 0. The highest BCUT2D eigenvalue weighted by molar-refractivity contribution is 6.31. The molecular weight excluding hydrogens is 345 g/mol. The van der Waals surface area contributed by atoms with Gasteiger partial charge in [-0.15, -0.1) is 0 Å². The normalized spacial score (nSPS) is 15.8. The standard InChI is InChI=1S/C18H25ClFN3O2/c1-3-22(4-2)17(24)13-21-8-5-9-23(11-10-21)18(25)15-12-14(19)6-7-16(15)20/h6-7,12H,3-5,8-11,13H2,1-2H3. The number of nitrogens with zero attached hydrogens (tertiary/aromatic N) is 3. The number of likely N-dealkylation sites (N-methyl/N-ethyl adjacent to an activating group) is 1. The maximum atomic E-state index is 13.9. The Labute approximate surface area is 153 Å². The van der Waals surface area contributed by atoms with Gasteiger partial charge in [-0.1, -0.05) is 11.6 Å². The van der Waals surface area contributed by atoms with Crippen molar-refractivity contribution in [1.82, 2.24) is 14.7 Å². The van der Waals surface area contributed by atoms with E-state index in [1.54, 1.807) is 9.80 Å². The van der Waals surface area contributed by atoms with E-state index in [-0.39, 0.29) is 17.4 Å². The average molecular weight is 370 g/mol. The fraction of sp³-hybridized carbons (Fsp3) is 0.556. The first kappa shape index (κ1) is 19.7. The van der Waals surface area contributed by atoms with Gasteiger partial charge in [-0.3, -0.25) is 14.5 Å². The van der Waals surface area contributed by atoms with Gasteiger partial charge in [0.05, 0.1) is 12.1 Å². The number of benzene rings is 1. The maximum Gasteiger partial charge on any atom is 0.256 e. The molecule has 1 fully saturated rings. The van der Waals surface area contributed by atoms with Crippen molar-refractivity contribution in [2.45, 2.75) is 20.3 Å². The van der Waals surface area contributed by atoms with Crippen molar-refractivity contribution in [3.63, 3.8) is 0 Å². The Morgan fingerprint density at radius 1 is 1.16 bits per heavy atom. The van der Waals surface area contributed by atoms with Crippen molar-refractivity contribution in [3.8, 4) is 0 Å². The zero-order chi connectivity index (χ0) is 18.4. The quantitative estimate of drug-likeness (QED) is 0.801. The van der Waals surface area contributed by atoms with Crippen LogP contribution in [0.25, 0.3) is 0 Å². The minimum Gasteiger partial charge on any atom is -0.342 e. The molecule has 0 aromatic heterocycles. The summed E-state index contributed by atoms with van der Waals surface area (Å²) in [5.41, 5.74) is 0.000155. The number of carbonyl (C=O) groups excluding carboxylic acids is 2. The van der Waals surface area contributed by atoms with E-state index in [0.29, 0.717) is 44.3 Å². The second-order valence-electron chi connectivity index (χ2n) is 6.11. The zero-order valence-corrected chi connectivity index (χ0v) is 15.6. The molecule has 0 N–H and O–H groups in total. The molecule has 1 aliphatic heterocycles. The van der Waals surface area contributed by atoms with E-state index in [1.165, 1.54) is 18.2 Å². The molecule has 1 saturated heterocycles. The summed E-state index contributed by atoms with van der Waals surface area (Å²) in [5.74, 6) is -0.810. The van der Waals surface area contributed by atoms with Crippen LogP contribution in [0.2, 0.25) is 5.02 Å². The molecule has 0 unspecified atom stereocenters. The first-order chi connectivity index (χ1) is 12.0. The van der Waals surface area contributed by atoms with Gasteiger partial charge in [0.25, 0.3) is 5.91 Å². The first-order valence-corrected chi connectivity index (χ1v) is 9.08. The fourth-order valence-electron chi connectivity index (χ4n) is 3.03. The number of halogens is 2. The fourth-order valence-corrected chi connectivity index (χ4v) is 3.20. The van der Waals surface area contributed by atoms with Crippen LogP contribution in [-0.2, 0) is 4.79 Å². The summed E-state index contributed by atoms with van der Waals surface area (Å²) in [4.78, 5) is 30.3. The van der Waals surface area contributed by atoms with Crippen LogP contribution in [0.3, 0.4) is 0 Å². The number of rotatable bonds is 5. The molecule has 1 aromatic rings. The molecular formula is C18H25ClFN3O2. The molecule has 1 heterocycles. The van der Waals surface area contributed by atoms with Crippen molar-refractivity contribution in [1.29, 1.82) is 0 Å². The lowest BCUT2D eigenvalue weighted by atomic mass is 10.2. The Kier molecular flexibility index (Phi) is 7.20. The lowest BCUT2D eigenvalue weighted by Gasteiger charge is -2.25. The van der Waals surface area contributed by atoms with Crippen LogP contribution < -0.4 is 0 Å². The Balaban J connectivity index is 1.98. The Hall–Kier alpha value is -1.66. The van der Waals surface area contributed by atoms with Gasteiger partial charge < -0.3 is 9.80 Å². The Bertz CT molecular complexity index is 622. The molecule has 7 heteroatoms. The van der Waals surface area contributed by atoms with Gasteiger partial charge in [0.2, 0.25) is 5.91 Å². The van der Waals surface area contributed by atoms with Crippen LogP contribution in [0.5, 0.6) is 0 Å². The summed E-state index contributed by atoms with van der Waals surface area (Å²) in [5, 5.41) is 0.339. The molecule has 0 saturated carbocycles. The smallest absolute Gasteiger partial charge is 0.256 e. The third-order valence-corrected chi connectivity index (χ3v) is 4.74. The molecule has 2 rings (SSSR count). The van der Waals surface area contributed by atoms with Crippen molar-refractivity contribution < 1.29 is 14.0 Å². The second kappa shape index (κ2) is 9.15. The van der Waals surface area contributed by atoms with Gasteiger partial charge >= 0.3 is 0 Å². The second-order valence-corrected chi connectivity index (χ2v) is 6.55. The Morgan fingerprint density at radius 3 is 2.56 bits per heavy atom. The van der Waals surface area contributed by atoms with Gasteiger partial charge in [0.15, 0.2) is 0 Å². The highest BCUT2D eigenvalue weighted by Crippen LogP contribution is 2.18. The van der Waals surface area contributed by atoms with E-state index in [4.69, 9.17) is 11.6 Å². The molecule has 0 radical (unpaired) electrons. The number of hydrogen-bond acceptors (Lipinski definition) is 3. The van der Waals surface area contributed by atoms with E-state index in [1.807, 2.05) is 13.8 Å². The summed E-state index contributed by atoms with van der Waals surface area (Å²) in [6.07, 6.45) is 0.749. The topological polar surface area (TPSA) is 43.9 Å². The van der Waals surface area contributed by atoms with Crippen molar-refractivity contribution in [2.24, 2.45) is 0 Å². The number of hydrogen-bond donors (Lipinski definition) is 0. The van der Waals surface area contributed by atoms with Gasteiger partial charge in [0.1, 0.15) is 5.82 Å². The van der Waals surface area contributed by atoms with E-state index in [0.717, 1.165) is 13.0 Å².